The summed E-state index contributed by atoms with van der Waals surface area (Å²) in [6, 6.07) is 1.95. The average Bonchev–Trinajstić information content (AvgIpc) is 2.41. The van der Waals surface area contributed by atoms with Crippen LogP contribution in [0.1, 0.15) is 19.8 Å². The zero-order valence-corrected chi connectivity index (χ0v) is 8.34. The lowest BCUT2D eigenvalue weighted by Crippen LogP contribution is -2.34. The molecule has 5 heteroatoms. The Morgan fingerprint density at radius 1 is 1.69 bits per heavy atom. The molecule has 0 aromatic heterocycles. The lowest BCUT2D eigenvalue weighted by Gasteiger charge is -2.24. The van der Waals surface area contributed by atoms with E-state index in [0.717, 1.165) is 0 Å². The molecule has 0 radical (unpaired) electrons. The number of aliphatic hydroxyl groups excluding tert-OH is 1. The van der Waals surface area contributed by atoms with Crippen molar-refractivity contribution >= 4 is 9.84 Å². The van der Waals surface area contributed by atoms with Gasteiger partial charge in [-0.15, -0.1) is 0 Å². The molecule has 1 saturated heterocycles. The van der Waals surface area contributed by atoms with Gasteiger partial charge in [0.25, 0.3) is 0 Å². The van der Waals surface area contributed by atoms with Gasteiger partial charge in [0.05, 0.1) is 29.1 Å². The maximum Gasteiger partial charge on any atom is 0.152 e. The highest BCUT2D eigenvalue weighted by Crippen LogP contribution is 2.36. The number of hydrogen-bond donors (Lipinski definition) is 1. The van der Waals surface area contributed by atoms with Gasteiger partial charge in [0, 0.05) is 0 Å². The second-order valence-electron chi connectivity index (χ2n) is 3.53. The average molecular weight is 203 g/mol. The molecule has 1 aliphatic heterocycles. The van der Waals surface area contributed by atoms with Crippen LogP contribution in [0.4, 0.5) is 0 Å². The summed E-state index contributed by atoms with van der Waals surface area (Å²) >= 11 is 0. The highest BCUT2D eigenvalue weighted by molar-refractivity contribution is 7.91. The number of hydrogen-bond acceptors (Lipinski definition) is 4. The minimum atomic E-state index is -3.10. The third-order valence-corrected chi connectivity index (χ3v) is 4.36. The first-order valence-corrected chi connectivity index (χ1v) is 6.07. The smallest absolute Gasteiger partial charge is 0.152 e. The Labute approximate surface area is 78.1 Å². The van der Waals surface area contributed by atoms with E-state index in [1.165, 1.54) is 0 Å². The fraction of sp³-hybridized carbons (Fsp3) is 0.875. The molecule has 0 aromatic rings. The predicted octanol–water partition coefficient (Wildman–Crippen LogP) is 0.0858. The van der Waals surface area contributed by atoms with Crippen LogP contribution in [0.15, 0.2) is 0 Å². The van der Waals surface area contributed by atoms with Gasteiger partial charge in [0.1, 0.15) is 0 Å². The van der Waals surface area contributed by atoms with Crippen LogP contribution < -0.4 is 0 Å². The molecule has 0 aliphatic carbocycles. The van der Waals surface area contributed by atoms with Crippen molar-refractivity contribution in [3.8, 4) is 6.07 Å². The maximum absolute atomic E-state index is 11.2. The van der Waals surface area contributed by atoms with E-state index >= 15 is 0 Å². The van der Waals surface area contributed by atoms with Gasteiger partial charge in [0.2, 0.25) is 0 Å². The highest BCUT2D eigenvalue weighted by atomic mass is 32.2. The summed E-state index contributed by atoms with van der Waals surface area (Å²) in [7, 11) is -3.10. The zero-order valence-electron chi connectivity index (χ0n) is 7.52. The summed E-state index contributed by atoms with van der Waals surface area (Å²) in [5, 5.41) is 18.4. The first-order valence-electron chi connectivity index (χ1n) is 4.25. The van der Waals surface area contributed by atoms with Gasteiger partial charge in [-0.1, -0.05) is 6.92 Å². The van der Waals surface area contributed by atoms with E-state index < -0.39 is 21.4 Å². The third-order valence-electron chi connectivity index (χ3n) is 2.58. The highest BCUT2D eigenvalue weighted by Gasteiger charge is 2.47. The van der Waals surface area contributed by atoms with Crippen LogP contribution in [0.25, 0.3) is 0 Å². The van der Waals surface area contributed by atoms with Crippen LogP contribution >= 0.6 is 0 Å². The first kappa shape index (κ1) is 10.5. The van der Waals surface area contributed by atoms with Crippen LogP contribution in [0, 0.1) is 16.7 Å². The molecule has 1 heterocycles. The normalized spacial score (nSPS) is 33.9. The topological polar surface area (TPSA) is 78.2 Å². The van der Waals surface area contributed by atoms with Crippen LogP contribution in [0.3, 0.4) is 0 Å². The van der Waals surface area contributed by atoms with Gasteiger partial charge >= 0.3 is 0 Å². The molecule has 1 rings (SSSR count). The number of sulfone groups is 1. The molecule has 1 N–H and O–H groups in total. The summed E-state index contributed by atoms with van der Waals surface area (Å²) in [5.74, 6) is -0.164. The van der Waals surface area contributed by atoms with Gasteiger partial charge in [-0.25, -0.2) is 8.42 Å². The number of nitrogens with zero attached hydrogens (tertiary/aromatic N) is 1. The van der Waals surface area contributed by atoms with Gasteiger partial charge in [-0.2, -0.15) is 5.26 Å². The predicted molar refractivity (Wildman–Crippen MR) is 47.6 cm³/mol. The van der Waals surface area contributed by atoms with Gasteiger partial charge in [-0.3, -0.25) is 0 Å². The Morgan fingerprint density at radius 2 is 2.31 bits per heavy atom. The minimum Gasteiger partial charge on any atom is -0.391 e. The van der Waals surface area contributed by atoms with Crippen molar-refractivity contribution in [2.75, 3.05) is 11.5 Å². The summed E-state index contributed by atoms with van der Waals surface area (Å²) in [6.45, 7) is 1.74. The van der Waals surface area contributed by atoms with Crippen molar-refractivity contribution in [1.29, 1.82) is 5.26 Å². The fourth-order valence-corrected chi connectivity index (χ4v) is 3.70. The molecule has 2 atom stereocenters. The van der Waals surface area contributed by atoms with E-state index in [9.17, 15) is 13.5 Å². The Bertz CT molecular complexity index is 330. The van der Waals surface area contributed by atoms with E-state index in [2.05, 4.69) is 0 Å². The summed E-state index contributed by atoms with van der Waals surface area (Å²) in [6.07, 6.45) is -0.140. The molecular formula is C8H13NO3S. The van der Waals surface area contributed by atoms with Crippen LogP contribution in [-0.2, 0) is 9.84 Å². The molecule has 13 heavy (non-hydrogen) atoms. The molecule has 0 aromatic carbocycles. The molecule has 4 nitrogen and oxygen atoms in total. The van der Waals surface area contributed by atoms with E-state index in [-0.39, 0.29) is 17.9 Å². The molecule has 0 amide bonds. The molecule has 1 fully saturated rings. The summed E-state index contributed by atoms with van der Waals surface area (Å²) in [4.78, 5) is 0. The van der Waals surface area contributed by atoms with Crippen molar-refractivity contribution in [2.45, 2.75) is 25.9 Å². The van der Waals surface area contributed by atoms with E-state index in [1.54, 1.807) is 6.92 Å². The van der Waals surface area contributed by atoms with Crippen LogP contribution in [0.5, 0.6) is 0 Å². The van der Waals surface area contributed by atoms with E-state index in [1.807, 2.05) is 6.07 Å². The van der Waals surface area contributed by atoms with Gasteiger partial charge < -0.3 is 5.11 Å². The third kappa shape index (κ3) is 1.84. The molecule has 0 bridgehead atoms. The van der Waals surface area contributed by atoms with Crippen LogP contribution in [0.2, 0.25) is 0 Å². The number of aliphatic hydroxyl groups is 1. The maximum atomic E-state index is 11.2. The van der Waals surface area contributed by atoms with E-state index in [0.29, 0.717) is 6.42 Å². The summed E-state index contributed by atoms with van der Waals surface area (Å²) < 4.78 is 22.3. The van der Waals surface area contributed by atoms with Gasteiger partial charge in [-0.05, 0) is 12.8 Å². The number of rotatable bonds is 2. The largest absolute Gasteiger partial charge is 0.391 e. The molecular weight excluding hydrogens is 190 g/mol. The van der Waals surface area contributed by atoms with E-state index in [4.69, 9.17) is 5.26 Å². The van der Waals surface area contributed by atoms with Crippen molar-refractivity contribution in [2.24, 2.45) is 5.41 Å². The van der Waals surface area contributed by atoms with Gasteiger partial charge in [0.15, 0.2) is 9.84 Å². The Kier molecular flexibility index (Phi) is 2.64. The minimum absolute atomic E-state index is 0.0254. The SMILES string of the molecule is CCC(O)C1(C#N)CCS(=O)(=O)C1. The Balaban J connectivity index is 2.94. The van der Waals surface area contributed by atoms with Crippen molar-refractivity contribution in [3.63, 3.8) is 0 Å². The summed E-state index contributed by atoms with van der Waals surface area (Å²) in [5.41, 5.74) is -1.05. The monoisotopic (exact) mass is 203 g/mol. The quantitative estimate of drug-likeness (QED) is 0.689. The van der Waals surface area contributed by atoms with Crippen molar-refractivity contribution < 1.29 is 13.5 Å². The lowest BCUT2D eigenvalue weighted by molar-refractivity contribution is 0.0760. The Morgan fingerprint density at radius 3 is 2.62 bits per heavy atom. The Hall–Kier alpha value is -0.600. The molecule has 0 saturated carbocycles. The fourth-order valence-electron chi connectivity index (χ4n) is 1.69. The second-order valence-corrected chi connectivity index (χ2v) is 5.72. The lowest BCUT2D eigenvalue weighted by atomic mass is 9.82. The molecule has 2 unspecified atom stereocenters. The molecule has 0 spiro atoms. The second kappa shape index (κ2) is 3.28. The van der Waals surface area contributed by atoms with Crippen molar-refractivity contribution in [3.05, 3.63) is 0 Å². The molecule has 1 aliphatic rings. The zero-order chi connectivity index (χ0) is 10.1. The number of nitriles is 1. The molecule has 74 valence electrons. The standard InChI is InChI=1S/C8H13NO3S/c1-2-7(10)8(5-9)3-4-13(11,12)6-8/h7,10H,2-4,6H2,1H3. The van der Waals surface area contributed by atoms with Crippen LogP contribution in [-0.4, -0.2) is 31.1 Å². The van der Waals surface area contributed by atoms with Crippen molar-refractivity contribution in [1.82, 2.24) is 0 Å². The first-order chi connectivity index (χ1) is 5.96.